The van der Waals surface area contributed by atoms with Crippen LogP contribution in [0.25, 0.3) is 0 Å². The van der Waals surface area contributed by atoms with Crippen LogP contribution in [-0.2, 0) is 14.3 Å². The lowest BCUT2D eigenvalue weighted by molar-refractivity contribution is -0.173. The largest absolute Gasteiger partial charge is 0.471 e. The van der Waals surface area contributed by atoms with E-state index in [0.717, 1.165) is 11.3 Å². The highest BCUT2D eigenvalue weighted by Crippen LogP contribution is 2.14. The van der Waals surface area contributed by atoms with Gasteiger partial charge in [0, 0.05) is 26.2 Å². The molecule has 0 aromatic carbocycles. The molecule has 3 amide bonds. The van der Waals surface area contributed by atoms with Crippen molar-refractivity contribution in [1.29, 1.82) is 0 Å². The molecular formula is C16H25F6N3O4. The van der Waals surface area contributed by atoms with Crippen LogP contribution in [0.3, 0.4) is 0 Å². The van der Waals surface area contributed by atoms with E-state index in [1.807, 2.05) is 6.92 Å². The average molecular weight is 437 g/mol. The summed E-state index contributed by atoms with van der Waals surface area (Å²) in [5, 5.41) is 3.35. The highest BCUT2D eigenvalue weighted by molar-refractivity contribution is 5.82. The molecule has 0 spiro atoms. The van der Waals surface area contributed by atoms with E-state index in [9.17, 15) is 40.7 Å². The van der Waals surface area contributed by atoms with Crippen molar-refractivity contribution in [3.63, 3.8) is 0 Å². The van der Waals surface area contributed by atoms with Crippen molar-refractivity contribution in [2.24, 2.45) is 0 Å². The Balaban J connectivity index is 4.35. The number of rotatable bonds is 12. The van der Waals surface area contributed by atoms with Crippen molar-refractivity contribution in [2.45, 2.75) is 51.4 Å². The van der Waals surface area contributed by atoms with Crippen LogP contribution in [0.1, 0.15) is 39.0 Å². The predicted molar refractivity (Wildman–Crippen MR) is 89.8 cm³/mol. The number of alkyl halides is 6. The molecule has 0 unspecified atom stereocenters. The van der Waals surface area contributed by atoms with Gasteiger partial charge < -0.3 is 20.3 Å². The summed E-state index contributed by atoms with van der Waals surface area (Å²) in [5.41, 5.74) is 0. The zero-order valence-electron chi connectivity index (χ0n) is 15.9. The number of nitrogens with zero attached hydrogens (tertiary/aromatic N) is 1. The first kappa shape index (κ1) is 26.8. The molecule has 0 aromatic rings. The van der Waals surface area contributed by atoms with E-state index in [1.165, 1.54) is 0 Å². The van der Waals surface area contributed by atoms with E-state index < -0.39 is 36.8 Å². The van der Waals surface area contributed by atoms with Crippen LogP contribution in [0.15, 0.2) is 0 Å². The molecule has 0 saturated carbocycles. The Hall–Kier alpha value is -2.21. The van der Waals surface area contributed by atoms with Gasteiger partial charge in [0.2, 0.25) is 0 Å². The van der Waals surface area contributed by atoms with Crippen molar-refractivity contribution in [1.82, 2.24) is 15.5 Å². The number of carbonyl (C=O) groups is 3. The molecule has 13 heteroatoms. The van der Waals surface area contributed by atoms with E-state index in [-0.39, 0.29) is 32.7 Å². The van der Waals surface area contributed by atoms with Gasteiger partial charge in [0.1, 0.15) is 0 Å². The molecular weight excluding hydrogens is 412 g/mol. The van der Waals surface area contributed by atoms with Crippen molar-refractivity contribution in [3.05, 3.63) is 0 Å². The van der Waals surface area contributed by atoms with Crippen LogP contribution in [0.5, 0.6) is 0 Å². The summed E-state index contributed by atoms with van der Waals surface area (Å²) >= 11 is 0. The third kappa shape index (κ3) is 12.8. The van der Waals surface area contributed by atoms with Gasteiger partial charge in [0.25, 0.3) is 0 Å². The molecule has 0 aliphatic rings. The second-order valence-corrected chi connectivity index (χ2v) is 6.02. The number of nitrogens with one attached hydrogen (secondary N) is 2. The van der Waals surface area contributed by atoms with E-state index in [2.05, 4.69) is 0 Å². The molecule has 0 heterocycles. The van der Waals surface area contributed by atoms with Crippen LogP contribution < -0.4 is 10.6 Å². The third-order valence-corrected chi connectivity index (χ3v) is 3.55. The Morgan fingerprint density at radius 1 is 0.793 bits per heavy atom. The number of carbonyl (C=O) groups excluding carboxylic acids is 3. The smallest absolute Gasteiger partial charge is 0.449 e. The highest BCUT2D eigenvalue weighted by atomic mass is 19.4. The molecule has 0 aliphatic carbocycles. The van der Waals surface area contributed by atoms with Crippen LogP contribution in [0.2, 0.25) is 0 Å². The summed E-state index contributed by atoms with van der Waals surface area (Å²) < 4.78 is 77.6. The first-order valence-electron chi connectivity index (χ1n) is 9.01. The van der Waals surface area contributed by atoms with E-state index in [4.69, 9.17) is 4.74 Å². The van der Waals surface area contributed by atoms with Crippen molar-refractivity contribution in [3.8, 4) is 0 Å². The Bertz CT molecular complexity index is 526. The number of hydrogen-bond acceptors (Lipinski definition) is 4. The first-order valence-corrected chi connectivity index (χ1v) is 9.01. The number of amides is 3. The Morgan fingerprint density at radius 3 is 1.86 bits per heavy atom. The molecule has 170 valence electrons. The molecule has 0 aromatic heterocycles. The normalized spacial score (nSPS) is 11.7. The molecule has 0 aliphatic heterocycles. The summed E-state index contributed by atoms with van der Waals surface area (Å²) in [6.07, 6.45) is -8.51. The van der Waals surface area contributed by atoms with E-state index in [0.29, 0.717) is 19.3 Å². The third-order valence-electron chi connectivity index (χ3n) is 3.55. The minimum atomic E-state index is -5.03. The van der Waals surface area contributed by atoms with Gasteiger partial charge in [0.05, 0.1) is 6.61 Å². The van der Waals surface area contributed by atoms with Crippen molar-refractivity contribution < 1.29 is 45.5 Å². The fourth-order valence-electron chi connectivity index (χ4n) is 2.00. The van der Waals surface area contributed by atoms with Gasteiger partial charge in [-0.25, -0.2) is 4.79 Å². The number of halogens is 6. The zero-order chi connectivity index (χ0) is 22.5. The van der Waals surface area contributed by atoms with Gasteiger partial charge in [-0.15, -0.1) is 0 Å². The zero-order valence-corrected chi connectivity index (χ0v) is 15.9. The molecule has 0 radical (unpaired) electrons. The Labute approximate surface area is 164 Å². The topological polar surface area (TPSA) is 87.7 Å². The minimum absolute atomic E-state index is 0.0695. The highest BCUT2D eigenvalue weighted by Gasteiger charge is 2.38. The Morgan fingerprint density at radius 2 is 1.34 bits per heavy atom. The van der Waals surface area contributed by atoms with E-state index >= 15 is 0 Å². The number of ether oxygens (including phenoxy) is 1. The fraction of sp³-hybridized carbons (Fsp3) is 0.812. The monoisotopic (exact) mass is 437 g/mol. The van der Waals surface area contributed by atoms with Crippen LogP contribution in [0.4, 0.5) is 31.1 Å². The molecule has 2 N–H and O–H groups in total. The maximum atomic E-state index is 12.2. The molecule has 0 fully saturated rings. The maximum Gasteiger partial charge on any atom is 0.471 e. The summed E-state index contributed by atoms with van der Waals surface area (Å²) in [6.45, 7) is 1.20. The average Bonchev–Trinajstić information content (AvgIpc) is 2.60. The Kier molecular flexibility index (Phi) is 12.1. The van der Waals surface area contributed by atoms with Gasteiger partial charge in [-0.05, 0) is 25.7 Å². The van der Waals surface area contributed by atoms with Crippen molar-refractivity contribution >= 4 is 17.9 Å². The SMILES string of the molecule is CCCCOC(=O)N(CCCCCNC(=O)C(F)(F)F)CCNC(=O)C(F)(F)F. The lowest BCUT2D eigenvalue weighted by Gasteiger charge is -2.22. The molecule has 29 heavy (non-hydrogen) atoms. The second-order valence-electron chi connectivity index (χ2n) is 6.02. The summed E-state index contributed by atoms with van der Waals surface area (Å²) in [6, 6.07) is 0. The predicted octanol–water partition coefficient (Wildman–Crippen LogP) is 2.75. The second kappa shape index (κ2) is 13.1. The quantitative estimate of drug-likeness (QED) is 0.363. The molecule has 0 atom stereocenters. The molecule has 7 nitrogen and oxygen atoms in total. The van der Waals surface area contributed by atoms with Crippen molar-refractivity contribution in [2.75, 3.05) is 32.8 Å². The maximum absolute atomic E-state index is 12.2. The van der Waals surface area contributed by atoms with Crippen LogP contribution >= 0.6 is 0 Å². The lowest BCUT2D eigenvalue weighted by atomic mass is 10.2. The first-order chi connectivity index (χ1) is 13.4. The lowest BCUT2D eigenvalue weighted by Crippen LogP contribution is -2.43. The molecule has 0 rings (SSSR count). The van der Waals surface area contributed by atoms with Gasteiger partial charge in [-0.1, -0.05) is 13.3 Å². The summed E-state index contributed by atoms with van der Waals surface area (Å²) in [5.74, 6) is -4.17. The molecule has 0 bridgehead atoms. The number of unbranched alkanes of at least 4 members (excludes halogenated alkanes) is 3. The van der Waals surface area contributed by atoms with Crippen LogP contribution in [-0.4, -0.2) is 67.9 Å². The van der Waals surface area contributed by atoms with Gasteiger partial charge >= 0.3 is 30.3 Å². The van der Waals surface area contributed by atoms with Gasteiger partial charge in [-0.3, -0.25) is 9.59 Å². The fourth-order valence-corrected chi connectivity index (χ4v) is 2.00. The number of hydrogen-bond donors (Lipinski definition) is 2. The van der Waals surface area contributed by atoms with Gasteiger partial charge in [-0.2, -0.15) is 26.3 Å². The summed E-state index contributed by atoms with van der Waals surface area (Å²) in [7, 11) is 0. The minimum Gasteiger partial charge on any atom is -0.449 e. The van der Waals surface area contributed by atoms with Gasteiger partial charge in [0.15, 0.2) is 0 Å². The summed E-state index contributed by atoms with van der Waals surface area (Å²) in [4.78, 5) is 34.6. The standard InChI is InChI=1S/C16H25F6N3O4/c1-2-3-11-29-14(28)25(10-8-24-13(27)16(20,21)22)9-6-4-5-7-23-12(26)15(17,18)19/h2-11H2,1H3,(H,23,26)(H,24,27). The molecule has 0 saturated heterocycles. The van der Waals surface area contributed by atoms with E-state index in [1.54, 1.807) is 10.6 Å². The van der Waals surface area contributed by atoms with Crippen LogP contribution in [0, 0.1) is 0 Å².